The Bertz CT molecular complexity index is 614. The van der Waals surface area contributed by atoms with Gasteiger partial charge in [-0.25, -0.2) is 4.99 Å². The van der Waals surface area contributed by atoms with E-state index in [9.17, 15) is 4.79 Å². The standard InChI is InChI=1S/C20H33N5O/c1-5-25-12-8-11-18(25)14-22-20(23-15-19(26)24(3)4)21-13-17-10-7-6-9-16(17)2/h6-7,9-10,18H,5,8,11-15H2,1-4H3,(H2,21,22,23). The van der Waals surface area contributed by atoms with Crippen LogP contribution in [0.5, 0.6) is 0 Å². The van der Waals surface area contributed by atoms with Crippen LogP contribution >= 0.6 is 0 Å². The van der Waals surface area contributed by atoms with Gasteiger partial charge in [0.15, 0.2) is 5.96 Å². The van der Waals surface area contributed by atoms with Crippen molar-refractivity contribution in [3.63, 3.8) is 0 Å². The fourth-order valence-corrected chi connectivity index (χ4v) is 3.20. The predicted octanol–water partition coefficient (Wildman–Crippen LogP) is 1.60. The van der Waals surface area contributed by atoms with E-state index in [0.29, 0.717) is 18.5 Å². The predicted molar refractivity (Wildman–Crippen MR) is 107 cm³/mol. The monoisotopic (exact) mass is 359 g/mol. The van der Waals surface area contributed by atoms with Gasteiger partial charge in [0.1, 0.15) is 0 Å². The number of hydrogen-bond acceptors (Lipinski definition) is 3. The molecule has 0 radical (unpaired) electrons. The normalized spacial score (nSPS) is 18.0. The van der Waals surface area contributed by atoms with Gasteiger partial charge in [-0.05, 0) is 44.0 Å². The Balaban J connectivity index is 1.99. The van der Waals surface area contributed by atoms with Crippen LogP contribution in [-0.2, 0) is 11.3 Å². The van der Waals surface area contributed by atoms with Gasteiger partial charge in [0.05, 0.1) is 13.1 Å². The van der Waals surface area contributed by atoms with Crippen LogP contribution in [0.4, 0.5) is 0 Å². The zero-order valence-corrected chi connectivity index (χ0v) is 16.6. The topological polar surface area (TPSA) is 60.0 Å². The van der Waals surface area contributed by atoms with Gasteiger partial charge in [0, 0.05) is 26.7 Å². The van der Waals surface area contributed by atoms with Crippen LogP contribution in [0.25, 0.3) is 0 Å². The van der Waals surface area contributed by atoms with E-state index in [0.717, 1.165) is 13.1 Å². The molecule has 0 aliphatic carbocycles. The second-order valence-corrected chi connectivity index (χ2v) is 7.04. The molecule has 1 amide bonds. The number of carbonyl (C=O) groups is 1. The SMILES string of the molecule is CCN1CCCC1CNC(=NCc1ccccc1C)NCC(=O)N(C)C. The van der Waals surface area contributed by atoms with Crippen LogP contribution in [-0.4, -0.2) is 68.0 Å². The maximum absolute atomic E-state index is 11.9. The zero-order chi connectivity index (χ0) is 18.9. The Hall–Kier alpha value is -2.08. The van der Waals surface area contributed by atoms with Crippen LogP contribution in [0.3, 0.4) is 0 Å². The van der Waals surface area contributed by atoms with Crippen molar-refractivity contribution in [2.45, 2.75) is 39.3 Å². The van der Waals surface area contributed by atoms with Crippen molar-refractivity contribution < 1.29 is 4.79 Å². The van der Waals surface area contributed by atoms with E-state index in [1.54, 1.807) is 19.0 Å². The molecule has 1 aliphatic rings. The summed E-state index contributed by atoms with van der Waals surface area (Å²) in [5.41, 5.74) is 2.43. The lowest BCUT2D eigenvalue weighted by atomic mass is 10.1. The first-order chi connectivity index (χ1) is 12.5. The second-order valence-electron chi connectivity index (χ2n) is 7.04. The molecule has 1 saturated heterocycles. The number of rotatable bonds is 7. The average Bonchev–Trinajstić information content (AvgIpc) is 3.09. The molecule has 0 spiro atoms. The maximum Gasteiger partial charge on any atom is 0.241 e. The third kappa shape index (κ3) is 6.02. The quantitative estimate of drug-likeness (QED) is 0.574. The van der Waals surface area contributed by atoms with Gasteiger partial charge >= 0.3 is 0 Å². The molecule has 1 unspecified atom stereocenters. The average molecular weight is 360 g/mol. The Morgan fingerprint density at radius 1 is 1.31 bits per heavy atom. The zero-order valence-electron chi connectivity index (χ0n) is 16.6. The molecule has 26 heavy (non-hydrogen) atoms. The minimum atomic E-state index is 0.0337. The smallest absolute Gasteiger partial charge is 0.241 e. The maximum atomic E-state index is 11.9. The molecule has 1 aliphatic heterocycles. The van der Waals surface area contributed by atoms with Crippen LogP contribution in [0.15, 0.2) is 29.3 Å². The molecule has 1 atom stereocenters. The number of likely N-dealkylation sites (tertiary alicyclic amines) is 1. The second kappa shape index (κ2) is 10.2. The number of amides is 1. The molecule has 2 rings (SSSR count). The molecule has 6 heteroatoms. The van der Waals surface area contributed by atoms with Gasteiger partial charge in [0.2, 0.25) is 5.91 Å². The minimum Gasteiger partial charge on any atom is -0.355 e. The third-order valence-electron chi connectivity index (χ3n) is 4.99. The van der Waals surface area contributed by atoms with Crippen molar-refractivity contribution >= 4 is 11.9 Å². The lowest BCUT2D eigenvalue weighted by Crippen LogP contribution is -2.47. The highest BCUT2D eigenvalue weighted by Crippen LogP contribution is 2.15. The van der Waals surface area contributed by atoms with Crippen LogP contribution < -0.4 is 10.6 Å². The molecule has 6 nitrogen and oxygen atoms in total. The van der Waals surface area contributed by atoms with Crippen molar-refractivity contribution in [1.29, 1.82) is 0 Å². The number of carbonyl (C=O) groups excluding carboxylic acids is 1. The van der Waals surface area contributed by atoms with E-state index in [4.69, 9.17) is 4.99 Å². The summed E-state index contributed by atoms with van der Waals surface area (Å²) < 4.78 is 0. The molecule has 1 aromatic carbocycles. The molecular weight excluding hydrogens is 326 g/mol. The van der Waals surface area contributed by atoms with Gasteiger partial charge in [-0.15, -0.1) is 0 Å². The molecule has 0 aromatic heterocycles. The summed E-state index contributed by atoms with van der Waals surface area (Å²) in [6, 6.07) is 8.80. The van der Waals surface area contributed by atoms with Crippen molar-refractivity contribution in [1.82, 2.24) is 20.4 Å². The molecule has 1 heterocycles. The van der Waals surface area contributed by atoms with E-state index in [1.807, 2.05) is 12.1 Å². The van der Waals surface area contributed by atoms with Crippen LogP contribution in [0, 0.1) is 6.92 Å². The number of aryl methyl sites for hydroxylation is 1. The molecule has 1 fully saturated rings. The number of benzene rings is 1. The first kappa shape index (κ1) is 20.2. The van der Waals surface area contributed by atoms with Gasteiger partial charge < -0.3 is 15.5 Å². The Morgan fingerprint density at radius 3 is 2.77 bits per heavy atom. The lowest BCUT2D eigenvalue weighted by Gasteiger charge is -2.24. The van der Waals surface area contributed by atoms with Crippen molar-refractivity contribution in [2.24, 2.45) is 4.99 Å². The number of nitrogens with zero attached hydrogens (tertiary/aromatic N) is 3. The van der Waals surface area contributed by atoms with Crippen LogP contribution in [0.2, 0.25) is 0 Å². The fourth-order valence-electron chi connectivity index (χ4n) is 3.20. The first-order valence-corrected chi connectivity index (χ1v) is 9.52. The summed E-state index contributed by atoms with van der Waals surface area (Å²) in [6.45, 7) is 8.25. The third-order valence-corrected chi connectivity index (χ3v) is 4.99. The molecular formula is C20H33N5O. The van der Waals surface area contributed by atoms with E-state index < -0.39 is 0 Å². The van der Waals surface area contributed by atoms with E-state index in [2.05, 4.69) is 41.5 Å². The summed E-state index contributed by atoms with van der Waals surface area (Å²) in [5.74, 6) is 0.734. The highest BCUT2D eigenvalue weighted by Gasteiger charge is 2.22. The highest BCUT2D eigenvalue weighted by atomic mass is 16.2. The van der Waals surface area contributed by atoms with E-state index in [-0.39, 0.29) is 12.5 Å². The number of aliphatic imine (C=N–C) groups is 1. The van der Waals surface area contributed by atoms with Gasteiger partial charge in [-0.2, -0.15) is 0 Å². The molecule has 0 bridgehead atoms. The fraction of sp³-hybridized carbons (Fsp3) is 0.600. The lowest BCUT2D eigenvalue weighted by molar-refractivity contribution is -0.127. The Labute approximate surface area is 157 Å². The van der Waals surface area contributed by atoms with Crippen molar-refractivity contribution in [2.75, 3.05) is 40.3 Å². The first-order valence-electron chi connectivity index (χ1n) is 9.52. The van der Waals surface area contributed by atoms with Gasteiger partial charge in [0.25, 0.3) is 0 Å². The van der Waals surface area contributed by atoms with Gasteiger partial charge in [-0.3, -0.25) is 9.69 Å². The summed E-state index contributed by atoms with van der Waals surface area (Å²) in [5, 5.41) is 6.61. The summed E-state index contributed by atoms with van der Waals surface area (Å²) >= 11 is 0. The highest BCUT2D eigenvalue weighted by molar-refractivity contribution is 5.86. The number of hydrogen-bond donors (Lipinski definition) is 2. The van der Waals surface area contributed by atoms with Crippen molar-refractivity contribution in [3.05, 3.63) is 35.4 Å². The number of likely N-dealkylation sites (N-methyl/N-ethyl adjacent to an activating group) is 2. The molecule has 1 aromatic rings. The molecule has 144 valence electrons. The molecule has 0 saturated carbocycles. The van der Waals surface area contributed by atoms with Crippen molar-refractivity contribution in [3.8, 4) is 0 Å². The van der Waals surface area contributed by atoms with Gasteiger partial charge in [-0.1, -0.05) is 31.2 Å². The minimum absolute atomic E-state index is 0.0337. The van der Waals surface area contributed by atoms with E-state index in [1.165, 1.54) is 30.5 Å². The Kier molecular flexibility index (Phi) is 7.91. The summed E-state index contributed by atoms with van der Waals surface area (Å²) in [4.78, 5) is 20.7. The number of nitrogens with one attached hydrogen (secondary N) is 2. The van der Waals surface area contributed by atoms with Crippen LogP contribution in [0.1, 0.15) is 30.9 Å². The number of guanidine groups is 1. The summed E-state index contributed by atoms with van der Waals surface area (Å²) in [7, 11) is 3.53. The largest absolute Gasteiger partial charge is 0.355 e. The summed E-state index contributed by atoms with van der Waals surface area (Å²) in [6.07, 6.45) is 2.46. The Morgan fingerprint density at radius 2 is 2.08 bits per heavy atom. The molecule has 2 N–H and O–H groups in total. The van der Waals surface area contributed by atoms with E-state index >= 15 is 0 Å².